The fourth-order valence-corrected chi connectivity index (χ4v) is 5.89. The van der Waals surface area contributed by atoms with E-state index in [0.717, 1.165) is 42.0 Å². The normalized spacial score (nSPS) is 15.9. The first-order chi connectivity index (χ1) is 19.2. The molecule has 2 aromatic carbocycles. The van der Waals surface area contributed by atoms with Crippen molar-refractivity contribution in [3.05, 3.63) is 51.5 Å². The van der Waals surface area contributed by atoms with E-state index in [9.17, 15) is 14.4 Å². The number of nitrogens with zero attached hydrogens (tertiary/aromatic N) is 3. The van der Waals surface area contributed by atoms with Crippen LogP contribution < -0.4 is 21.1 Å². The molecule has 0 aromatic heterocycles. The molecule has 10 nitrogen and oxygen atoms in total. The molecule has 216 valence electrons. The van der Waals surface area contributed by atoms with Crippen LogP contribution in [0.3, 0.4) is 0 Å². The third-order valence-electron chi connectivity index (χ3n) is 7.62. The lowest BCUT2D eigenvalue weighted by atomic mass is 10.0. The van der Waals surface area contributed by atoms with Gasteiger partial charge in [-0.15, -0.1) is 0 Å². The molecule has 40 heavy (non-hydrogen) atoms. The third kappa shape index (κ3) is 7.06. The molecule has 0 aliphatic carbocycles. The SMILES string of the molecule is CCCN(C)Cc1cc(C(=O)NCC(=O)N2CCC(N3CCc4cc(OC)ccc4NC3=O)CC2)cc(Br)c1N. The van der Waals surface area contributed by atoms with E-state index in [1.54, 1.807) is 24.1 Å². The summed E-state index contributed by atoms with van der Waals surface area (Å²) < 4.78 is 5.98. The number of fused-ring (bicyclic) bond motifs is 1. The zero-order valence-electron chi connectivity index (χ0n) is 23.5. The number of hydrogen-bond donors (Lipinski definition) is 3. The summed E-state index contributed by atoms with van der Waals surface area (Å²) in [6, 6.07) is 9.09. The summed E-state index contributed by atoms with van der Waals surface area (Å²) in [5.41, 5.74) is 10.0. The highest BCUT2D eigenvalue weighted by atomic mass is 79.9. The molecule has 1 saturated heterocycles. The number of nitrogens with one attached hydrogen (secondary N) is 2. The summed E-state index contributed by atoms with van der Waals surface area (Å²) in [6.07, 6.45) is 3.12. The monoisotopic (exact) mass is 614 g/mol. The van der Waals surface area contributed by atoms with Gasteiger partial charge < -0.3 is 35.8 Å². The van der Waals surface area contributed by atoms with Crippen molar-refractivity contribution in [3.8, 4) is 5.75 Å². The summed E-state index contributed by atoms with van der Waals surface area (Å²) in [4.78, 5) is 44.6. The van der Waals surface area contributed by atoms with Gasteiger partial charge in [0.15, 0.2) is 0 Å². The number of rotatable bonds is 9. The number of anilines is 2. The molecule has 2 aromatic rings. The molecule has 0 bridgehead atoms. The average molecular weight is 616 g/mol. The molecule has 0 unspecified atom stereocenters. The van der Waals surface area contributed by atoms with Gasteiger partial charge in [0.1, 0.15) is 5.75 Å². The molecule has 0 spiro atoms. The summed E-state index contributed by atoms with van der Waals surface area (Å²) in [7, 11) is 3.64. The fraction of sp³-hybridized carbons (Fsp3) is 0.483. The number of likely N-dealkylation sites (tertiary alicyclic amines) is 1. The maximum absolute atomic E-state index is 13.0. The second-order valence-corrected chi connectivity index (χ2v) is 11.3. The second-order valence-electron chi connectivity index (χ2n) is 10.5. The molecule has 2 aliphatic heterocycles. The summed E-state index contributed by atoms with van der Waals surface area (Å²) >= 11 is 3.46. The lowest BCUT2D eigenvalue weighted by molar-refractivity contribution is -0.131. The maximum atomic E-state index is 13.0. The van der Waals surface area contributed by atoms with Crippen LogP contribution in [0.2, 0.25) is 0 Å². The number of benzene rings is 2. The summed E-state index contributed by atoms with van der Waals surface area (Å²) in [6.45, 7) is 5.25. The van der Waals surface area contributed by atoms with E-state index in [4.69, 9.17) is 10.5 Å². The predicted molar refractivity (Wildman–Crippen MR) is 160 cm³/mol. The highest BCUT2D eigenvalue weighted by molar-refractivity contribution is 9.10. The number of hydrogen-bond acceptors (Lipinski definition) is 6. The summed E-state index contributed by atoms with van der Waals surface area (Å²) in [5, 5.41) is 5.79. The molecular formula is C29H39BrN6O4. The fourth-order valence-electron chi connectivity index (χ4n) is 5.39. The molecule has 4 rings (SSSR count). The molecule has 2 heterocycles. The Morgan fingerprint density at radius 1 is 1.20 bits per heavy atom. The molecule has 0 saturated carbocycles. The van der Waals surface area contributed by atoms with Gasteiger partial charge in [0.05, 0.1) is 19.3 Å². The van der Waals surface area contributed by atoms with E-state index < -0.39 is 0 Å². The number of ether oxygens (including phenoxy) is 1. The molecule has 11 heteroatoms. The number of piperidine rings is 1. The number of urea groups is 1. The molecule has 0 radical (unpaired) electrons. The number of carbonyl (C=O) groups excluding carboxylic acids is 3. The first-order valence-electron chi connectivity index (χ1n) is 13.8. The number of amides is 4. The van der Waals surface area contributed by atoms with Crippen molar-refractivity contribution in [3.63, 3.8) is 0 Å². The van der Waals surface area contributed by atoms with Gasteiger partial charge in [0, 0.05) is 47.9 Å². The van der Waals surface area contributed by atoms with E-state index in [1.807, 2.05) is 30.1 Å². The van der Waals surface area contributed by atoms with Crippen LogP contribution in [0, 0.1) is 0 Å². The zero-order chi connectivity index (χ0) is 28.8. The van der Waals surface area contributed by atoms with Gasteiger partial charge in [-0.1, -0.05) is 6.92 Å². The van der Waals surface area contributed by atoms with Crippen molar-refractivity contribution >= 4 is 45.2 Å². The highest BCUT2D eigenvalue weighted by Gasteiger charge is 2.31. The standard InChI is InChI=1S/C29H39BrN6O4/c1-4-10-34(2)18-21-14-20(16-24(30)27(21)31)28(38)32-17-26(37)35-11-8-22(9-12-35)36-13-7-19-15-23(40-3)5-6-25(19)33-29(36)39/h5-6,14-16,22H,4,7-13,17-18,31H2,1-3H3,(H,32,38)(H,33,39). The lowest BCUT2D eigenvalue weighted by Crippen LogP contribution is -2.51. The van der Waals surface area contributed by atoms with Gasteiger partial charge in [-0.3, -0.25) is 9.59 Å². The van der Waals surface area contributed by atoms with Crippen molar-refractivity contribution in [2.75, 3.05) is 57.9 Å². The Morgan fingerprint density at radius 2 is 1.95 bits per heavy atom. The van der Waals surface area contributed by atoms with Crippen LogP contribution in [0.5, 0.6) is 5.75 Å². The smallest absolute Gasteiger partial charge is 0.322 e. The van der Waals surface area contributed by atoms with Gasteiger partial charge in [-0.05, 0) is 96.7 Å². The topological polar surface area (TPSA) is 120 Å². The Bertz CT molecular complexity index is 1250. The van der Waals surface area contributed by atoms with Gasteiger partial charge in [-0.25, -0.2) is 4.79 Å². The van der Waals surface area contributed by atoms with Crippen molar-refractivity contribution in [1.29, 1.82) is 0 Å². The van der Waals surface area contributed by atoms with E-state index in [2.05, 4.69) is 38.4 Å². The largest absolute Gasteiger partial charge is 0.497 e. The van der Waals surface area contributed by atoms with Gasteiger partial charge in [-0.2, -0.15) is 0 Å². The molecular weight excluding hydrogens is 576 g/mol. The third-order valence-corrected chi connectivity index (χ3v) is 8.27. The highest BCUT2D eigenvalue weighted by Crippen LogP contribution is 2.28. The second kappa shape index (κ2) is 13.4. The van der Waals surface area contributed by atoms with Crippen LogP contribution in [0.15, 0.2) is 34.8 Å². The summed E-state index contributed by atoms with van der Waals surface area (Å²) in [5.74, 6) is 0.314. The number of halogens is 1. The van der Waals surface area contributed by atoms with Crippen molar-refractivity contribution in [2.24, 2.45) is 0 Å². The number of nitrogen functional groups attached to an aromatic ring is 1. The van der Waals surface area contributed by atoms with Gasteiger partial charge >= 0.3 is 6.03 Å². The molecule has 2 aliphatic rings. The van der Waals surface area contributed by atoms with Crippen LogP contribution in [0.1, 0.15) is 47.7 Å². The molecule has 4 N–H and O–H groups in total. The quantitative estimate of drug-likeness (QED) is 0.371. The average Bonchev–Trinajstić information content (AvgIpc) is 3.11. The van der Waals surface area contributed by atoms with Crippen molar-refractivity contribution in [1.82, 2.24) is 20.0 Å². The zero-order valence-corrected chi connectivity index (χ0v) is 25.1. The van der Waals surface area contributed by atoms with E-state index in [0.29, 0.717) is 54.7 Å². The van der Waals surface area contributed by atoms with Crippen molar-refractivity contribution < 1.29 is 19.1 Å². The first-order valence-corrected chi connectivity index (χ1v) is 14.6. The van der Waals surface area contributed by atoms with Gasteiger partial charge in [0.25, 0.3) is 5.91 Å². The van der Waals surface area contributed by atoms with Crippen LogP contribution in [0.25, 0.3) is 0 Å². The number of nitrogens with two attached hydrogens (primary N) is 1. The minimum atomic E-state index is -0.319. The minimum Gasteiger partial charge on any atom is -0.497 e. The number of methoxy groups -OCH3 is 1. The molecule has 1 fully saturated rings. The van der Waals surface area contributed by atoms with Crippen LogP contribution in [-0.4, -0.2) is 85.5 Å². The lowest BCUT2D eigenvalue weighted by Gasteiger charge is -2.38. The maximum Gasteiger partial charge on any atom is 0.322 e. The van der Waals surface area contributed by atoms with E-state index in [-0.39, 0.29) is 30.4 Å². The van der Waals surface area contributed by atoms with Gasteiger partial charge in [0.2, 0.25) is 5.91 Å². The first kappa shape index (κ1) is 29.7. The molecule has 4 amide bonds. The Balaban J connectivity index is 1.28. The Hall–Kier alpha value is -3.31. The van der Waals surface area contributed by atoms with Crippen LogP contribution in [0.4, 0.5) is 16.2 Å². The minimum absolute atomic E-state index is 0.0474. The van der Waals surface area contributed by atoms with E-state index >= 15 is 0 Å². The van der Waals surface area contributed by atoms with E-state index in [1.165, 1.54) is 0 Å². The Labute approximate surface area is 244 Å². The number of carbonyl (C=O) groups is 3. The predicted octanol–water partition coefficient (Wildman–Crippen LogP) is 3.69. The Kier molecular flexibility index (Phi) is 9.91. The van der Waals surface area contributed by atoms with Crippen molar-refractivity contribution in [2.45, 2.75) is 45.2 Å². The molecule has 0 atom stereocenters. The Morgan fingerprint density at radius 3 is 2.65 bits per heavy atom. The van der Waals surface area contributed by atoms with Crippen LogP contribution in [-0.2, 0) is 17.8 Å². The van der Waals surface area contributed by atoms with Crippen LogP contribution >= 0.6 is 15.9 Å².